The van der Waals surface area contributed by atoms with E-state index in [0.29, 0.717) is 49.3 Å². The lowest BCUT2D eigenvalue weighted by Crippen LogP contribution is -2.37. The Morgan fingerprint density at radius 1 is 1.19 bits per heavy atom. The predicted molar refractivity (Wildman–Crippen MR) is 123 cm³/mol. The number of nitrogens with zero attached hydrogens (tertiary/aromatic N) is 3. The van der Waals surface area contributed by atoms with Gasteiger partial charge in [0.15, 0.2) is 17.4 Å². The minimum atomic E-state index is -0.300. The summed E-state index contributed by atoms with van der Waals surface area (Å²) < 4.78 is 5.45. The fourth-order valence-corrected chi connectivity index (χ4v) is 3.96. The second-order valence-electron chi connectivity index (χ2n) is 7.89. The minimum Gasteiger partial charge on any atom is -0.503 e. The lowest BCUT2D eigenvalue weighted by Gasteiger charge is -2.30. The maximum atomic E-state index is 11.5. The summed E-state index contributed by atoms with van der Waals surface area (Å²) in [5.41, 5.74) is 2.01. The van der Waals surface area contributed by atoms with Gasteiger partial charge in [-0.25, -0.2) is 14.8 Å². The summed E-state index contributed by atoms with van der Waals surface area (Å²) in [5.74, 6) is 0.864. The van der Waals surface area contributed by atoms with Crippen LogP contribution in [0.25, 0.3) is 11.4 Å². The highest BCUT2D eigenvalue weighted by Gasteiger charge is 2.27. The van der Waals surface area contributed by atoms with Crippen molar-refractivity contribution in [1.82, 2.24) is 20.6 Å². The Kier molecular flexibility index (Phi) is 6.81. The van der Waals surface area contributed by atoms with Crippen molar-refractivity contribution < 1.29 is 14.6 Å². The highest BCUT2D eigenvalue weighted by molar-refractivity contribution is 6.02. The van der Waals surface area contributed by atoms with Gasteiger partial charge in [0, 0.05) is 37.3 Å². The number of amides is 2. The first-order valence-corrected chi connectivity index (χ1v) is 10.9. The summed E-state index contributed by atoms with van der Waals surface area (Å²) in [7, 11) is 1.56. The molecule has 2 fully saturated rings. The number of ether oxygens (including phenoxy) is 1. The van der Waals surface area contributed by atoms with Crippen molar-refractivity contribution in [1.29, 1.82) is 5.41 Å². The second-order valence-corrected chi connectivity index (χ2v) is 7.89. The Bertz CT molecular complexity index is 968. The molecular weight excluding hydrogens is 410 g/mol. The van der Waals surface area contributed by atoms with Gasteiger partial charge in [-0.05, 0) is 50.2 Å². The Morgan fingerprint density at radius 3 is 2.53 bits per heavy atom. The quantitative estimate of drug-likeness (QED) is 0.448. The maximum Gasteiger partial charge on any atom is 0.318 e. The molecule has 0 spiro atoms. The zero-order valence-electron chi connectivity index (χ0n) is 18.1. The van der Waals surface area contributed by atoms with Crippen LogP contribution in [0.1, 0.15) is 18.5 Å². The topological polar surface area (TPSA) is 135 Å². The van der Waals surface area contributed by atoms with Gasteiger partial charge in [0.25, 0.3) is 0 Å². The van der Waals surface area contributed by atoms with E-state index in [1.807, 2.05) is 17.0 Å². The zero-order chi connectivity index (χ0) is 22.5. The van der Waals surface area contributed by atoms with Crippen LogP contribution < -0.4 is 20.9 Å². The summed E-state index contributed by atoms with van der Waals surface area (Å²) in [5, 5.41) is 28.4. The number of anilines is 2. The molecule has 0 aliphatic carbocycles. The Hall–Kier alpha value is -3.24. The number of nitrogens with one attached hydrogen (secondary N) is 4. The molecule has 5 N–H and O–H groups in total. The van der Waals surface area contributed by atoms with Gasteiger partial charge in [-0.1, -0.05) is 0 Å². The molecule has 3 heterocycles. The van der Waals surface area contributed by atoms with E-state index in [1.54, 1.807) is 19.2 Å². The molecule has 10 heteroatoms. The van der Waals surface area contributed by atoms with Gasteiger partial charge in [-0.15, -0.1) is 0 Å². The third-order valence-electron chi connectivity index (χ3n) is 5.81. The minimum absolute atomic E-state index is 0.0431. The largest absolute Gasteiger partial charge is 0.503 e. The second kappa shape index (κ2) is 9.92. The number of urea groups is 1. The molecule has 2 aromatic rings. The Balaban J connectivity index is 1.71. The van der Waals surface area contributed by atoms with E-state index in [2.05, 4.69) is 25.9 Å². The molecule has 32 heavy (non-hydrogen) atoms. The third kappa shape index (κ3) is 4.81. The lowest BCUT2D eigenvalue weighted by molar-refractivity contribution is 0.122. The van der Waals surface area contributed by atoms with Crippen molar-refractivity contribution >= 4 is 23.2 Å². The fourth-order valence-electron chi connectivity index (χ4n) is 3.96. The Morgan fingerprint density at radius 2 is 1.88 bits per heavy atom. The number of carbonyl (C=O) groups excluding carboxylic acids is 1. The smallest absolute Gasteiger partial charge is 0.318 e. The number of morpholine rings is 1. The summed E-state index contributed by atoms with van der Waals surface area (Å²) in [6.07, 6.45) is 1.68. The zero-order valence-corrected chi connectivity index (χ0v) is 18.1. The summed E-state index contributed by atoms with van der Waals surface area (Å²) >= 11 is 0. The fraction of sp³-hybridized carbons (Fsp3) is 0.455. The number of aromatic hydroxyl groups is 1. The number of carbonyl (C=O) groups is 1. The number of aromatic nitrogens is 2. The van der Waals surface area contributed by atoms with Crippen molar-refractivity contribution in [2.24, 2.45) is 5.92 Å². The molecule has 0 bridgehead atoms. The Labute approximate surface area is 186 Å². The van der Waals surface area contributed by atoms with Crippen LogP contribution in [0.3, 0.4) is 0 Å². The molecule has 1 aromatic carbocycles. The summed E-state index contributed by atoms with van der Waals surface area (Å²) in [6.45, 7) is 4.03. The first-order valence-electron chi connectivity index (χ1n) is 10.9. The first kappa shape index (κ1) is 22.0. The molecule has 4 rings (SSSR count). The van der Waals surface area contributed by atoms with E-state index >= 15 is 0 Å². The number of hydrogen-bond donors (Lipinski definition) is 5. The molecule has 1 aromatic heterocycles. The van der Waals surface area contributed by atoms with E-state index in [1.165, 1.54) is 0 Å². The van der Waals surface area contributed by atoms with E-state index in [-0.39, 0.29) is 23.4 Å². The summed E-state index contributed by atoms with van der Waals surface area (Å²) in [6, 6.07) is 6.88. The number of benzene rings is 1. The SMILES string of the molecule is CNC(=O)Nc1ccc(-c2nc(C(=N)C3CCNCC3)c(O)c(N3CCOCC3)n2)cc1. The van der Waals surface area contributed by atoms with Gasteiger partial charge < -0.3 is 36.1 Å². The molecule has 10 nitrogen and oxygen atoms in total. The molecule has 2 amide bonds. The first-order chi connectivity index (χ1) is 15.6. The van der Waals surface area contributed by atoms with E-state index in [4.69, 9.17) is 10.1 Å². The third-order valence-corrected chi connectivity index (χ3v) is 5.81. The van der Waals surface area contributed by atoms with E-state index in [9.17, 15) is 9.90 Å². The van der Waals surface area contributed by atoms with Crippen LogP contribution in [0.15, 0.2) is 24.3 Å². The van der Waals surface area contributed by atoms with Crippen LogP contribution >= 0.6 is 0 Å². The van der Waals surface area contributed by atoms with Crippen LogP contribution in [-0.2, 0) is 4.74 Å². The van der Waals surface area contributed by atoms with E-state index < -0.39 is 0 Å². The molecule has 170 valence electrons. The number of piperidine rings is 1. The molecule has 2 saturated heterocycles. The van der Waals surface area contributed by atoms with Crippen molar-refractivity contribution in [3.8, 4) is 17.1 Å². The molecule has 0 radical (unpaired) electrons. The highest BCUT2D eigenvalue weighted by Crippen LogP contribution is 2.34. The average Bonchev–Trinajstić information content (AvgIpc) is 2.85. The van der Waals surface area contributed by atoms with E-state index in [0.717, 1.165) is 31.5 Å². The normalized spacial score (nSPS) is 17.1. The average molecular weight is 440 g/mol. The predicted octanol–water partition coefficient (Wildman–Crippen LogP) is 1.80. The van der Waals surface area contributed by atoms with Gasteiger partial charge in [0.2, 0.25) is 0 Å². The molecule has 2 aliphatic heterocycles. The summed E-state index contributed by atoms with van der Waals surface area (Å²) in [4.78, 5) is 22.8. The van der Waals surface area contributed by atoms with Crippen molar-refractivity contribution in [3.63, 3.8) is 0 Å². The van der Waals surface area contributed by atoms with Crippen LogP contribution in [0, 0.1) is 11.3 Å². The highest BCUT2D eigenvalue weighted by atomic mass is 16.5. The molecule has 0 atom stereocenters. The molecular formula is C22H29N7O3. The standard InChI is InChI=1S/C22H29N7O3/c1-24-22(31)26-16-4-2-15(3-5-16)20-27-18(17(23)14-6-8-25-9-7-14)19(30)21(28-20)29-10-12-32-13-11-29/h2-5,14,23,25,30H,6-13H2,1H3,(H2,24,26,31). The van der Waals surface area contributed by atoms with Gasteiger partial charge in [-0.3, -0.25) is 0 Å². The molecule has 0 unspecified atom stereocenters. The number of rotatable bonds is 5. The van der Waals surface area contributed by atoms with Gasteiger partial charge in [0.1, 0.15) is 5.69 Å². The lowest BCUT2D eigenvalue weighted by atomic mass is 9.90. The van der Waals surface area contributed by atoms with Crippen LogP contribution in [0.5, 0.6) is 5.75 Å². The van der Waals surface area contributed by atoms with Gasteiger partial charge in [0.05, 0.1) is 18.9 Å². The van der Waals surface area contributed by atoms with Gasteiger partial charge >= 0.3 is 6.03 Å². The van der Waals surface area contributed by atoms with Crippen molar-refractivity contribution in [2.45, 2.75) is 12.8 Å². The molecule has 0 saturated carbocycles. The van der Waals surface area contributed by atoms with Crippen molar-refractivity contribution in [2.75, 3.05) is 56.7 Å². The van der Waals surface area contributed by atoms with Crippen molar-refractivity contribution in [3.05, 3.63) is 30.0 Å². The van der Waals surface area contributed by atoms with Gasteiger partial charge in [-0.2, -0.15) is 0 Å². The maximum absolute atomic E-state index is 11.5. The van der Waals surface area contributed by atoms with Crippen LogP contribution in [-0.4, -0.2) is 73.3 Å². The van der Waals surface area contributed by atoms with Crippen LogP contribution in [0.4, 0.5) is 16.3 Å². The number of hydrogen-bond acceptors (Lipinski definition) is 8. The van der Waals surface area contributed by atoms with Crippen LogP contribution in [0.2, 0.25) is 0 Å². The monoisotopic (exact) mass is 439 g/mol. The molecule has 2 aliphatic rings.